The Morgan fingerprint density at radius 2 is 1.88 bits per heavy atom. The molecule has 33 heavy (non-hydrogen) atoms. The standard InChI is InChI=1S/C25H29ClN4O3/c1-4-30(15-23-27-22-11-20(26)9-10-21(22)24(31)28-23)25(32)19-7-5-18(6-8-19)14-29-12-16(2)33-17(3)13-29/h5-11,16-17H,4,12-15H2,1-3H3,(H,27,28,31)/t16-,17-/m1/s1. The van der Waals surface area contributed by atoms with Crippen molar-refractivity contribution in [2.75, 3.05) is 19.6 Å². The van der Waals surface area contributed by atoms with Gasteiger partial charge in [0.2, 0.25) is 0 Å². The predicted octanol–water partition coefficient (Wildman–Crippen LogP) is 3.85. The molecule has 7 nitrogen and oxygen atoms in total. The topological polar surface area (TPSA) is 78.5 Å². The van der Waals surface area contributed by atoms with Crippen LogP contribution in [-0.2, 0) is 17.8 Å². The number of halogens is 1. The van der Waals surface area contributed by atoms with Gasteiger partial charge in [-0.25, -0.2) is 4.98 Å². The monoisotopic (exact) mass is 468 g/mol. The minimum atomic E-state index is -0.244. The Kier molecular flexibility index (Phi) is 7.12. The minimum absolute atomic E-state index is 0.105. The molecule has 2 aromatic carbocycles. The lowest BCUT2D eigenvalue weighted by molar-refractivity contribution is -0.0704. The third-order valence-electron chi connectivity index (χ3n) is 5.83. The summed E-state index contributed by atoms with van der Waals surface area (Å²) in [6.07, 6.45) is 0.442. The van der Waals surface area contributed by atoms with Gasteiger partial charge in [0.25, 0.3) is 11.5 Å². The van der Waals surface area contributed by atoms with E-state index in [0.29, 0.717) is 33.9 Å². The minimum Gasteiger partial charge on any atom is -0.373 e. The molecule has 0 bridgehead atoms. The molecule has 1 amide bonds. The van der Waals surface area contributed by atoms with Crippen LogP contribution >= 0.6 is 11.6 Å². The van der Waals surface area contributed by atoms with Crippen molar-refractivity contribution in [3.63, 3.8) is 0 Å². The normalized spacial score (nSPS) is 19.0. The molecule has 8 heteroatoms. The Labute approximate surface area is 198 Å². The summed E-state index contributed by atoms with van der Waals surface area (Å²) in [6, 6.07) is 12.7. The van der Waals surface area contributed by atoms with Gasteiger partial charge in [-0.15, -0.1) is 0 Å². The number of benzene rings is 2. The van der Waals surface area contributed by atoms with Gasteiger partial charge in [0.05, 0.1) is 29.7 Å². The van der Waals surface area contributed by atoms with Crippen LogP contribution in [0.2, 0.25) is 5.02 Å². The van der Waals surface area contributed by atoms with Crippen molar-refractivity contribution in [3.8, 4) is 0 Å². The van der Waals surface area contributed by atoms with Crippen LogP contribution in [0, 0.1) is 0 Å². The van der Waals surface area contributed by atoms with Crippen LogP contribution in [0.3, 0.4) is 0 Å². The van der Waals surface area contributed by atoms with Crippen molar-refractivity contribution in [2.45, 2.75) is 46.1 Å². The van der Waals surface area contributed by atoms with Crippen molar-refractivity contribution in [2.24, 2.45) is 0 Å². The van der Waals surface area contributed by atoms with E-state index in [0.717, 1.165) is 25.2 Å². The number of aromatic nitrogens is 2. The average Bonchev–Trinajstić information content (AvgIpc) is 2.76. The fourth-order valence-electron chi connectivity index (χ4n) is 4.35. The van der Waals surface area contributed by atoms with Crippen molar-refractivity contribution in [3.05, 3.63) is 74.8 Å². The van der Waals surface area contributed by atoms with Crippen molar-refractivity contribution in [1.82, 2.24) is 19.8 Å². The van der Waals surface area contributed by atoms with Crippen LogP contribution in [-0.4, -0.2) is 57.5 Å². The number of fused-ring (bicyclic) bond motifs is 1. The van der Waals surface area contributed by atoms with E-state index in [-0.39, 0.29) is 30.2 Å². The second kappa shape index (κ2) is 10.0. The van der Waals surface area contributed by atoms with Gasteiger partial charge in [-0.2, -0.15) is 0 Å². The summed E-state index contributed by atoms with van der Waals surface area (Å²) in [7, 11) is 0. The van der Waals surface area contributed by atoms with Gasteiger partial charge >= 0.3 is 0 Å². The molecule has 0 unspecified atom stereocenters. The summed E-state index contributed by atoms with van der Waals surface area (Å²) < 4.78 is 5.80. The molecule has 1 aliphatic heterocycles. The summed E-state index contributed by atoms with van der Waals surface area (Å²) in [4.78, 5) is 36.9. The predicted molar refractivity (Wildman–Crippen MR) is 130 cm³/mol. The number of amides is 1. The number of nitrogens with zero attached hydrogens (tertiary/aromatic N) is 3. The average molecular weight is 469 g/mol. The van der Waals surface area contributed by atoms with E-state index < -0.39 is 0 Å². The first-order valence-corrected chi connectivity index (χ1v) is 11.6. The Morgan fingerprint density at radius 1 is 1.18 bits per heavy atom. The summed E-state index contributed by atoms with van der Waals surface area (Å²) in [5, 5.41) is 0.980. The van der Waals surface area contributed by atoms with Crippen molar-refractivity contribution in [1.29, 1.82) is 0 Å². The molecule has 1 N–H and O–H groups in total. The molecule has 1 aliphatic rings. The summed E-state index contributed by atoms with van der Waals surface area (Å²) >= 11 is 6.05. The Balaban J connectivity index is 1.46. The third kappa shape index (κ3) is 5.61. The summed E-state index contributed by atoms with van der Waals surface area (Å²) in [6.45, 7) is 9.41. The molecular weight excluding hydrogens is 440 g/mol. The molecule has 2 atom stereocenters. The Morgan fingerprint density at radius 3 is 2.55 bits per heavy atom. The van der Waals surface area contributed by atoms with Crippen LogP contribution in [0.15, 0.2) is 47.3 Å². The first-order chi connectivity index (χ1) is 15.8. The zero-order valence-electron chi connectivity index (χ0n) is 19.2. The Bertz CT molecular complexity index is 1180. The van der Waals surface area contributed by atoms with Gasteiger partial charge in [0, 0.05) is 36.8 Å². The fourth-order valence-corrected chi connectivity index (χ4v) is 4.52. The number of hydrogen-bond acceptors (Lipinski definition) is 5. The molecule has 1 fully saturated rings. The molecule has 0 spiro atoms. The number of ether oxygens (including phenoxy) is 1. The molecule has 174 valence electrons. The maximum Gasteiger partial charge on any atom is 0.258 e. The van der Waals surface area contributed by atoms with Gasteiger partial charge in [-0.3, -0.25) is 14.5 Å². The number of carbonyl (C=O) groups excluding carboxylic acids is 1. The second-order valence-corrected chi connectivity index (χ2v) is 9.08. The zero-order valence-corrected chi connectivity index (χ0v) is 19.9. The van der Waals surface area contributed by atoms with E-state index >= 15 is 0 Å². The summed E-state index contributed by atoms with van der Waals surface area (Å²) in [5.74, 6) is 0.323. The van der Waals surface area contributed by atoms with E-state index in [2.05, 4.69) is 28.7 Å². The molecular formula is C25H29ClN4O3. The molecule has 0 saturated carbocycles. The highest BCUT2D eigenvalue weighted by Gasteiger charge is 2.22. The molecule has 2 heterocycles. The highest BCUT2D eigenvalue weighted by Crippen LogP contribution is 2.17. The van der Waals surface area contributed by atoms with Crippen LogP contribution in [0.25, 0.3) is 10.9 Å². The lowest BCUT2D eigenvalue weighted by atomic mass is 10.1. The number of nitrogens with one attached hydrogen (secondary N) is 1. The maximum atomic E-state index is 13.1. The maximum absolute atomic E-state index is 13.1. The molecule has 4 rings (SSSR count). The van der Waals surface area contributed by atoms with E-state index in [1.165, 1.54) is 0 Å². The van der Waals surface area contributed by atoms with E-state index in [1.54, 1.807) is 23.1 Å². The fraction of sp³-hybridized carbons (Fsp3) is 0.400. The van der Waals surface area contributed by atoms with Crippen molar-refractivity contribution >= 4 is 28.4 Å². The van der Waals surface area contributed by atoms with Gasteiger partial charge in [-0.05, 0) is 56.7 Å². The van der Waals surface area contributed by atoms with Crippen LogP contribution in [0.4, 0.5) is 0 Å². The largest absolute Gasteiger partial charge is 0.373 e. The van der Waals surface area contributed by atoms with Crippen LogP contribution in [0.5, 0.6) is 0 Å². The van der Waals surface area contributed by atoms with E-state index in [4.69, 9.17) is 16.3 Å². The van der Waals surface area contributed by atoms with Gasteiger partial charge in [-0.1, -0.05) is 23.7 Å². The molecule has 0 aliphatic carbocycles. The lowest BCUT2D eigenvalue weighted by Crippen LogP contribution is -2.44. The Hall–Kier alpha value is -2.74. The number of aromatic amines is 1. The van der Waals surface area contributed by atoms with E-state index in [9.17, 15) is 9.59 Å². The number of rotatable bonds is 6. The third-order valence-corrected chi connectivity index (χ3v) is 6.06. The second-order valence-electron chi connectivity index (χ2n) is 8.64. The summed E-state index contributed by atoms with van der Waals surface area (Å²) in [5.41, 5.74) is 2.04. The number of morpholine rings is 1. The van der Waals surface area contributed by atoms with Gasteiger partial charge in [0.15, 0.2) is 0 Å². The molecule has 1 aromatic heterocycles. The zero-order chi connectivity index (χ0) is 23.5. The van der Waals surface area contributed by atoms with Crippen LogP contribution in [0.1, 0.15) is 42.5 Å². The lowest BCUT2D eigenvalue weighted by Gasteiger charge is -2.35. The highest BCUT2D eigenvalue weighted by molar-refractivity contribution is 6.31. The van der Waals surface area contributed by atoms with Gasteiger partial charge in [0.1, 0.15) is 5.82 Å². The number of carbonyl (C=O) groups is 1. The van der Waals surface area contributed by atoms with Crippen LogP contribution < -0.4 is 5.56 Å². The SMILES string of the molecule is CCN(Cc1nc2cc(Cl)ccc2c(=O)[nH]1)C(=O)c1ccc(CN2C[C@@H](C)O[C@H](C)C2)cc1. The van der Waals surface area contributed by atoms with Gasteiger partial charge < -0.3 is 14.6 Å². The highest BCUT2D eigenvalue weighted by atomic mass is 35.5. The molecule has 0 radical (unpaired) electrons. The quantitative estimate of drug-likeness (QED) is 0.594. The molecule has 3 aromatic rings. The first-order valence-electron chi connectivity index (χ1n) is 11.3. The number of H-pyrrole nitrogens is 1. The number of hydrogen-bond donors (Lipinski definition) is 1. The molecule has 1 saturated heterocycles. The smallest absolute Gasteiger partial charge is 0.258 e. The van der Waals surface area contributed by atoms with E-state index in [1.807, 2.05) is 31.2 Å². The van der Waals surface area contributed by atoms with Crippen molar-refractivity contribution < 1.29 is 9.53 Å². The first kappa shape index (κ1) is 23.4.